The molecule has 1 heterocycles. The van der Waals surface area contributed by atoms with Gasteiger partial charge in [-0.25, -0.2) is 9.37 Å². The average Bonchev–Trinajstić information content (AvgIpc) is 2.67. The summed E-state index contributed by atoms with van der Waals surface area (Å²) in [6.07, 6.45) is -0.0436. The van der Waals surface area contributed by atoms with Crippen LogP contribution in [0.3, 0.4) is 0 Å². The van der Waals surface area contributed by atoms with Crippen molar-refractivity contribution in [2.45, 2.75) is 26.2 Å². The predicted octanol–water partition coefficient (Wildman–Crippen LogP) is 3.51. The molecule has 19 heavy (non-hydrogen) atoms. The van der Waals surface area contributed by atoms with Crippen molar-refractivity contribution in [3.8, 4) is 0 Å². The molecule has 0 aliphatic rings. The van der Waals surface area contributed by atoms with Gasteiger partial charge in [0.2, 0.25) is 0 Å². The molecule has 3 nitrogen and oxygen atoms in total. The van der Waals surface area contributed by atoms with Gasteiger partial charge in [0, 0.05) is 10.8 Å². The van der Waals surface area contributed by atoms with E-state index in [2.05, 4.69) is 4.98 Å². The van der Waals surface area contributed by atoms with Crippen molar-refractivity contribution in [3.63, 3.8) is 0 Å². The number of rotatable bonds is 4. The molecule has 0 bridgehead atoms. The second-order valence-electron chi connectivity index (χ2n) is 4.40. The number of carboxylic acid groups (broad SMARTS) is 1. The van der Waals surface area contributed by atoms with E-state index >= 15 is 0 Å². The van der Waals surface area contributed by atoms with E-state index in [0.29, 0.717) is 0 Å². The molecule has 1 unspecified atom stereocenters. The maximum Gasteiger partial charge on any atom is 0.304 e. The van der Waals surface area contributed by atoms with Gasteiger partial charge in [-0.05, 0) is 31.5 Å². The molecule has 0 saturated carbocycles. The molecule has 0 aliphatic heterocycles. The van der Waals surface area contributed by atoms with Crippen molar-refractivity contribution in [3.05, 3.63) is 51.2 Å². The number of thiazole rings is 1. The number of aromatic nitrogens is 1. The van der Waals surface area contributed by atoms with Gasteiger partial charge in [0.25, 0.3) is 0 Å². The summed E-state index contributed by atoms with van der Waals surface area (Å²) >= 11 is 1.50. The van der Waals surface area contributed by atoms with E-state index in [1.54, 1.807) is 12.1 Å². The Hall–Kier alpha value is -1.75. The van der Waals surface area contributed by atoms with Gasteiger partial charge in [0.05, 0.1) is 12.1 Å². The summed E-state index contributed by atoms with van der Waals surface area (Å²) in [6, 6.07) is 5.93. The highest BCUT2D eigenvalue weighted by atomic mass is 32.1. The molecule has 0 amide bonds. The fourth-order valence-electron chi connectivity index (χ4n) is 1.86. The molecule has 5 heteroatoms. The molecular weight excluding hydrogens is 265 g/mol. The minimum Gasteiger partial charge on any atom is -0.481 e. The molecule has 2 rings (SSSR count). The molecule has 1 aromatic heterocycles. The second-order valence-corrected chi connectivity index (χ2v) is 5.63. The average molecular weight is 279 g/mol. The minimum absolute atomic E-state index is 0.0436. The van der Waals surface area contributed by atoms with E-state index in [0.717, 1.165) is 21.1 Å². The lowest BCUT2D eigenvalue weighted by Gasteiger charge is -2.12. The van der Waals surface area contributed by atoms with Gasteiger partial charge in [-0.1, -0.05) is 12.1 Å². The summed E-state index contributed by atoms with van der Waals surface area (Å²) in [4.78, 5) is 16.5. The first-order valence-corrected chi connectivity index (χ1v) is 6.70. The molecule has 100 valence electrons. The molecule has 1 N–H and O–H groups in total. The van der Waals surface area contributed by atoms with Crippen LogP contribution in [0.2, 0.25) is 0 Å². The monoisotopic (exact) mass is 279 g/mol. The molecule has 0 saturated heterocycles. The standard InChI is InChI=1S/C14H14FNO2S/c1-8-9(2)19-14(16-8)12(7-13(17)18)10-3-5-11(15)6-4-10/h3-6,12H,7H2,1-2H3,(H,17,18). The number of aryl methyl sites for hydroxylation is 2. The first-order valence-electron chi connectivity index (χ1n) is 5.88. The minimum atomic E-state index is -0.889. The molecule has 0 spiro atoms. The fraction of sp³-hybridized carbons (Fsp3) is 0.286. The zero-order valence-corrected chi connectivity index (χ0v) is 11.5. The number of nitrogens with zero attached hydrogens (tertiary/aromatic N) is 1. The molecule has 0 fully saturated rings. The normalized spacial score (nSPS) is 12.4. The number of hydrogen-bond acceptors (Lipinski definition) is 3. The summed E-state index contributed by atoms with van der Waals surface area (Å²) < 4.78 is 13.0. The van der Waals surface area contributed by atoms with E-state index in [1.165, 1.54) is 23.5 Å². The van der Waals surface area contributed by atoms with Gasteiger partial charge in [-0.2, -0.15) is 0 Å². The quantitative estimate of drug-likeness (QED) is 0.931. The van der Waals surface area contributed by atoms with Crippen molar-refractivity contribution >= 4 is 17.3 Å². The van der Waals surface area contributed by atoms with E-state index in [9.17, 15) is 9.18 Å². The van der Waals surface area contributed by atoms with Crippen LogP contribution in [0.1, 0.15) is 33.5 Å². The molecule has 0 aliphatic carbocycles. The topological polar surface area (TPSA) is 50.2 Å². The zero-order chi connectivity index (χ0) is 14.0. The van der Waals surface area contributed by atoms with E-state index < -0.39 is 5.97 Å². The van der Waals surface area contributed by atoms with Gasteiger partial charge in [0.15, 0.2) is 0 Å². The lowest BCUT2D eigenvalue weighted by molar-refractivity contribution is -0.137. The Morgan fingerprint density at radius 2 is 2.00 bits per heavy atom. The van der Waals surface area contributed by atoms with Crippen LogP contribution in [-0.4, -0.2) is 16.1 Å². The highest BCUT2D eigenvalue weighted by molar-refractivity contribution is 7.11. The van der Waals surface area contributed by atoms with Gasteiger partial charge < -0.3 is 5.11 Å². The maximum absolute atomic E-state index is 13.0. The summed E-state index contributed by atoms with van der Waals surface area (Å²) in [6.45, 7) is 3.86. The van der Waals surface area contributed by atoms with Crippen LogP contribution in [0.4, 0.5) is 4.39 Å². The van der Waals surface area contributed by atoms with Gasteiger partial charge in [-0.3, -0.25) is 4.79 Å². The Morgan fingerprint density at radius 1 is 1.37 bits per heavy atom. The molecule has 1 atom stereocenters. The number of carboxylic acids is 1. The predicted molar refractivity (Wildman–Crippen MR) is 72.1 cm³/mol. The van der Waals surface area contributed by atoms with Crippen molar-refractivity contribution in [2.24, 2.45) is 0 Å². The third kappa shape index (κ3) is 3.17. The number of aliphatic carboxylic acids is 1. The van der Waals surface area contributed by atoms with Crippen molar-refractivity contribution in [1.29, 1.82) is 0 Å². The fourth-order valence-corrected chi connectivity index (χ4v) is 2.92. The molecule has 2 aromatic rings. The van der Waals surface area contributed by atoms with E-state index in [4.69, 9.17) is 5.11 Å². The Morgan fingerprint density at radius 3 is 2.47 bits per heavy atom. The number of benzene rings is 1. The zero-order valence-electron chi connectivity index (χ0n) is 10.7. The number of carbonyl (C=O) groups is 1. The van der Waals surface area contributed by atoms with Crippen LogP contribution in [0, 0.1) is 19.7 Å². The van der Waals surface area contributed by atoms with Gasteiger partial charge in [-0.15, -0.1) is 11.3 Å². The number of hydrogen-bond donors (Lipinski definition) is 1. The summed E-state index contributed by atoms with van der Waals surface area (Å²) in [5.74, 6) is -1.54. The Kier molecular flexibility index (Phi) is 3.95. The molecule has 0 radical (unpaired) electrons. The third-order valence-corrected chi connectivity index (χ3v) is 4.18. The SMILES string of the molecule is Cc1nc(C(CC(=O)O)c2ccc(F)cc2)sc1C. The van der Waals surface area contributed by atoms with Crippen LogP contribution >= 0.6 is 11.3 Å². The second kappa shape index (κ2) is 5.48. The lowest BCUT2D eigenvalue weighted by atomic mass is 9.96. The van der Waals surface area contributed by atoms with Crippen LogP contribution in [0.5, 0.6) is 0 Å². The Balaban J connectivity index is 2.40. The largest absolute Gasteiger partial charge is 0.481 e. The van der Waals surface area contributed by atoms with Crippen LogP contribution in [0.25, 0.3) is 0 Å². The van der Waals surface area contributed by atoms with E-state index in [1.807, 2.05) is 13.8 Å². The van der Waals surface area contributed by atoms with Crippen molar-refractivity contribution in [2.75, 3.05) is 0 Å². The Bertz CT molecular complexity index is 572. The van der Waals surface area contributed by atoms with Crippen molar-refractivity contribution < 1.29 is 14.3 Å². The highest BCUT2D eigenvalue weighted by Crippen LogP contribution is 2.32. The van der Waals surface area contributed by atoms with Gasteiger partial charge in [0.1, 0.15) is 10.8 Å². The highest BCUT2D eigenvalue weighted by Gasteiger charge is 2.21. The number of halogens is 1. The molecule has 1 aromatic carbocycles. The maximum atomic E-state index is 13.0. The first-order chi connectivity index (χ1) is 8.97. The smallest absolute Gasteiger partial charge is 0.304 e. The third-order valence-electron chi connectivity index (χ3n) is 2.99. The summed E-state index contributed by atoms with van der Waals surface area (Å²) in [5.41, 5.74) is 1.69. The summed E-state index contributed by atoms with van der Waals surface area (Å²) in [5, 5.41) is 9.81. The van der Waals surface area contributed by atoms with Gasteiger partial charge >= 0.3 is 5.97 Å². The summed E-state index contributed by atoms with van der Waals surface area (Å²) in [7, 11) is 0. The lowest BCUT2D eigenvalue weighted by Crippen LogP contribution is -2.08. The van der Waals surface area contributed by atoms with E-state index in [-0.39, 0.29) is 18.2 Å². The van der Waals surface area contributed by atoms with Crippen LogP contribution in [-0.2, 0) is 4.79 Å². The van der Waals surface area contributed by atoms with Crippen molar-refractivity contribution in [1.82, 2.24) is 4.98 Å². The van der Waals surface area contributed by atoms with Crippen LogP contribution < -0.4 is 0 Å². The Labute approximate surface area is 114 Å². The molecular formula is C14H14FNO2S. The first kappa shape index (κ1) is 13.7. The van der Waals surface area contributed by atoms with Crippen LogP contribution in [0.15, 0.2) is 24.3 Å².